The summed E-state index contributed by atoms with van der Waals surface area (Å²) in [6.07, 6.45) is 1.62. The molecular weight excluding hydrogens is 389 g/mol. The van der Waals surface area contributed by atoms with Gasteiger partial charge in [0, 0.05) is 5.02 Å². The Morgan fingerprint density at radius 2 is 1.78 bits per heavy atom. The topological polar surface area (TPSA) is 57.1 Å². The van der Waals surface area contributed by atoms with Gasteiger partial charge in [-0.1, -0.05) is 29.3 Å². The highest BCUT2D eigenvalue weighted by atomic mass is 35.5. The van der Waals surface area contributed by atoms with Crippen LogP contribution in [0.1, 0.15) is 25.0 Å². The molecule has 140 valence electrons. The van der Waals surface area contributed by atoms with Crippen LogP contribution in [0, 0.1) is 0 Å². The largest absolute Gasteiger partial charge is 0.490 e. The number of benzene rings is 2. The Kier molecular flexibility index (Phi) is 6.04. The summed E-state index contributed by atoms with van der Waals surface area (Å²) in [5.41, 5.74) is 1.35. The van der Waals surface area contributed by atoms with Crippen molar-refractivity contribution in [2.24, 2.45) is 4.99 Å². The smallest absolute Gasteiger partial charge is 0.363 e. The van der Waals surface area contributed by atoms with Crippen molar-refractivity contribution in [3.63, 3.8) is 0 Å². The van der Waals surface area contributed by atoms with Crippen LogP contribution in [0.5, 0.6) is 11.5 Å². The van der Waals surface area contributed by atoms with Crippen LogP contribution in [0.25, 0.3) is 6.08 Å². The van der Waals surface area contributed by atoms with Crippen LogP contribution in [0.15, 0.2) is 47.1 Å². The van der Waals surface area contributed by atoms with E-state index < -0.39 is 5.97 Å². The van der Waals surface area contributed by atoms with Crippen LogP contribution in [0.4, 0.5) is 0 Å². The maximum Gasteiger partial charge on any atom is 0.363 e. The lowest BCUT2D eigenvalue weighted by Crippen LogP contribution is -2.06. The molecule has 7 heteroatoms. The molecule has 0 bridgehead atoms. The van der Waals surface area contributed by atoms with E-state index in [1.807, 2.05) is 19.9 Å². The zero-order valence-corrected chi connectivity index (χ0v) is 16.3. The molecule has 2 aromatic carbocycles. The van der Waals surface area contributed by atoms with E-state index >= 15 is 0 Å². The molecule has 0 aliphatic carbocycles. The Hall–Kier alpha value is -2.50. The normalized spacial score (nSPS) is 14.9. The zero-order chi connectivity index (χ0) is 19.4. The molecular formula is C20H17Cl2NO4. The summed E-state index contributed by atoms with van der Waals surface area (Å²) in [4.78, 5) is 16.5. The van der Waals surface area contributed by atoms with E-state index in [0.29, 0.717) is 40.3 Å². The fourth-order valence-electron chi connectivity index (χ4n) is 2.50. The van der Waals surface area contributed by atoms with Crippen LogP contribution in [0.2, 0.25) is 10.0 Å². The standard InChI is InChI=1S/C20H17Cl2NO4/c1-3-25-17-8-5-12(10-18(17)26-4-2)9-16-20(24)27-19(23-16)14-11-13(21)6-7-15(14)22/h5-11H,3-4H2,1-2H3/b16-9-. The van der Waals surface area contributed by atoms with E-state index in [1.165, 1.54) is 0 Å². The van der Waals surface area contributed by atoms with E-state index in [2.05, 4.69) is 4.99 Å². The average Bonchev–Trinajstić information content (AvgIpc) is 3.00. The van der Waals surface area contributed by atoms with E-state index in [4.69, 9.17) is 37.4 Å². The van der Waals surface area contributed by atoms with Crippen LogP contribution in [-0.2, 0) is 9.53 Å². The highest BCUT2D eigenvalue weighted by Gasteiger charge is 2.26. The lowest BCUT2D eigenvalue weighted by atomic mass is 10.1. The Morgan fingerprint density at radius 1 is 1.04 bits per heavy atom. The first kappa shape index (κ1) is 19.3. The minimum Gasteiger partial charge on any atom is -0.490 e. The number of cyclic esters (lactones) is 1. The monoisotopic (exact) mass is 405 g/mol. The number of esters is 1. The minimum atomic E-state index is -0.562. The third-order valence-electron chi connectivity index (χ3n) is 3.65. The molecule has 1 aliphatic heterocycles. The van der Waals surface area contributed by atoms with Gasteiger partial charge in [-0.25, -0.2) is 9.79 Å². The average molecular weight is 406 g/mol. The van der Waals surface area contributed by atoms with Gasteiger partial charge < -0.3 is 14.2 Å². The summed E-state index contributed by atoms with van der Waals surface area (Å²) < 4.78 is 16.4. The third kappa shape index (κ3) is 4.43. The first-order valence-corrected chi connectivity index (χ1v) is 9.15. The Labute approximate surface area is 167 Å². The molecule has 0 amide bonds. The molecule has 5 nitrogen and oxygen atoms in total. The fraction of sp³-hybridized carbons (Fsp3) is 0.200. The van der Waals surface area contributed by atoms with Gasteiger partial charge in [0.05, 0.1) is 23.8 Å². The van der Waals surface area contributed by atoms with Gasteiger partial charge in [0.15, 0.2) is 17.2 Å². The quantitative estimate of drug-likeness (QED) is 0.493. The van der Waals surface area contributed by atoms with Crippen molar-refractivity contribution in [1.82, 2.24) is 0 Å². The van der Waals surface area contributed by atoms with Crippen molar-refractivity contribution < 1.29 is 19.0 Å². The molecule has 0 aromatic heterocycles. The summed E-state index contributed by atoms with van der Waals surface area (Å²) in [7, 11) is 0. The number of carbonyl (C=O) groups excluding carboxylic acids is 1. The fourth-order valence-corrected chi connectivity index (χ4v) is 2.87. The molecule has 0 spiro atoms. The van der Waals surface area contributed by atoms with Crippen molar-refractivity contribution in [2.45, 2.75) is 13.8 Å². The van der Waals surface area contributed by atoms with Crippen molar-refractivity contribution in [2.75, 3.05) is 13.2 Å². The van der Waals surface area contributed by atoms with E-state index in [-0.39, 0.29) is 11.6 Å². The van der Waals surface area contributed by atoms with Crippen molar-refractivity contribution in [1.29, 1.82) is 0 Å². The number of aliphatic imine (C=N–C) groups is 1. The summed E-state index contributed by atoms with van der Waals surface area (Å²) in [6.45, 7) is 4.82. The molecule has 2 aromatic rings. The SMILES string of the molecule is CCOc1ccc(/C=C2\N=C(c3cc(Cl)ccc3Cl)OC2=O)cc1OCC. The number of ether oxygens (including phenoxy) is 3. The van der Waals surface area contributed by atoms with Crippen molar-refractivity contribution in [3.05, 3.63) is 63.3 Å². The molecule has 0 unspecified atom stereocenters. The van der Waals surface area contributed by atoms with Gasteiger partial charge in [-0.2, -0.15) is 0 Å². The predicted molar refractivity (Wildman–Crippen MR) is 106 cm³/mol. The Bertz CT molecular complexity index is 938. The molecule has 0 fully saturated rings. The predicted octanol–water partition coefficient (Wildman–Crippen LogP) is 5.14. The van der Waals surface area contributed by atoms with Gasteiger partial charge >= 0.3 is 5.97 Å². The van der Waals surface area contributed by atoms with Gasteiger partial charge in [0.1, 0.15) is 0 Å². The maximum absolute atomic E-state index is 12.2. The third-order valence-corrected chi connectivity index (χ3v) is 4.21. The van der Waals surface area contributed by atoms with E-state index in [0.717, 1.165) is 5.56 Å². The number of rotatable bonds is 6. The molecule has 0 saturated carbocycles. The van der Waals surface area contributed by atoms with Gasteiger partial charge in [0.2, 0.25) is 5.90 Å². The van der Waals surface area contributed by atoms with E-state index in [9.17, 15) is 4.79 Å². The lowest BCUT2D eigenvalue weighted by Gasteiger charge is -2.11. The van der Waals surface area contributed by atoms with Crippen LogP contribution < -0.4 is 9.47 Å². The molecule has 1 aliphatic rings. The zero-order valence-electron chi connectivity index (χ0n) is 14.8. The first-order chi connectivity index (χ1) is 13.0. The Morgan fingerprint density at radius 3 is 2.52 bits per heavy atom. The summed E-state index contributed by atoms with van der Waals surface area (Å²) >= 11 is 12.1. The number of nitrogens with zero attached hydrogens (tertiary/aromatic N) is 1. The minimum absolute atomic E-state index is 0.120. The summed E-state index contributed by atoms with van der Waals surface area (Å²) in [5, 5.41) is 0.866. The highest BCUT2D eigenvalue weighted by Crippen LogP contribution is 2.31. The summed E-state index contributed by atoms with van der Waals surface area (Å²) in [5.74, 6) is 0.801. The Balaban J connectivity index is 1.94. The molecule has 27 heavy (non-hydrogen) atoms. The second-order valence-electron chi connectivity index (χ2n) is 5.53. The van der Waals surface area contributed by atoms with Gasteiger partial charge in [-0.15, -0.1) is 0 Å². The number of halogens is 2. The van der Waals surface area contributed by atoms with E-state index in [1.54, 1.807) is 36.4 Å². The van der Waals surface area contributed by atoms with Crippen LogP contribution in [-0.4, -0.2) is 25.1 Å². The number of carbonyl (C=O) groups is 1. The lowest BCUT2D eigenvalue weighted by molar-refractivity contribution is -0.129. The van der Waals surface area contributed by atoms with Crippen LogP contribution in [0.3, 0.4) is 0 Å². The second-order valence-corrected chi connectivity index (χ2v) is 6.38. The van der Waals surface area contributed by atoms with Gasteiger partial charge in [0.25, 0.3) is 0 Å². The number of hydrogen-bond acceptors (Lipinski definition) is 5. The van der Waals surface area contributed by atoms with Crippen LogP contribution >= 0.6 is 23.2 Å². The van der Waals surface area contributed by atoms with Gasteiger partial charge in [-0.05, 0) is 55.8 Å². The number of hydrogen-bond donors (Lipinski definition) is 0. The molecule has 0 radical (unpaired) electrons. The maximum atomic E-state index is 12.2. The van der Waals surface area contributed by atoms with Crippen molar-refractivity contribution >= 4 is 41.1 Å². The van der Waals surface area contributed by atoms with Gasteiger partial charge in [-0.3, -0.25) is 0 Å². The van der Waals surface area contributed by atoms with Crippen molar-refractivity contribution in [3.8, 4) is 11.5 Å². The molecule has 0 atom stereocenters. The molecule has 0 N–H and O–H groups in total. The first-order valence-electron chi connectivity index (χ1n) is 8.39. The molecule has 1 heterocycles. The summed E-state index contributed by atoms with van der Waals surface area (Å²) in [6, 6.07) is 10.3. The molecule has 3 rings (SSSR count). The second kappa shape index (κ2) is 8.46. The highest BCUT2D eigenvalue weighted by molar-refractivity contribution is 6.36. The molecule has 0 saturated heterocycles.